The minimum absolute atomic E-state index is 0.129. The summed E-state index contributed by atoms with van der Waals surface area (Å²) >= 11 is 1.93. The molecule has 2 aromatic rings. The van der Waals surface area contributed by atoms with Crippen molar-refractivity contribution in [3.05, 3.63) is 38.6 Å². The van der Waals surface area contributed by atoms with Gasteiger partial charge in [0.25, 0.3) is 5.56 Å². The number of hydrogen-bond donors (Lipinski definition) is 1. The summed E-state index contributed by atoms with van der Waals surface area (Å²) in [6.07, 6.45) is 4.54. The highest BCUT2D eigenvalue weighted by atomic mass is 127. The van der Waals surface area contributed by atoms with E-state index in [2.05, 4.69) is 20.1 Å². The lowest BCUT2D eigenvalue weighted by atomic mass is 10.5. The van der Waals surface area contributed by atoms with Crippen LogP contribution in [0.4, 0.5) is 0 Å². The number of halogens is 1. The van der Waals surface area contributed by atoms with Gasteiger partial charge < -0.3 is 4.98 Å². The summed E-state index contributed by atoms with van der Waals surface area (Å²) in [5, 5.41) is 3.91. The minimum Gasteiger partial charge on any atom is -0.308 e. The van der Waals surface area contributed by atoms with Crippen LogP contribution in [0, 0.1) is 3.57 Å². The van der Waals surface area contributed by atoms with Crippen LogP contribution in [0.2, 0.25) is 0 Å². The molecule has 2 rings (SSSR count). The van der Waals surface area contributed by atoms with Crippen LogP contribution >= 0.6 is 22.6 Å². The Bertz CT molecular complexity index is 477. The molecule has 72 valence electrons. The monoisotopic (exact) mass is 303 g/mol. The first-order valence-electron chi connectivity index (χ1n) is 3.82. The zero-order valence-electron chi connectivity index (χ0n) is 7.01. The quantitative estimate of drug-likeness (QED) is 0.793. The second-order valence-corrected chi connectivity index (χ2v) is 3.76. The smallest absolute Gasteiger partial charge is 0.264 e. The van der Waals surface area contributed by atoms with Crippen LogP contribution in [0.15, 0.2) is 23.6 Å². The van der Waals surface area contributed by atoms with Gasteiger partial charge in [0.2, 0.25) is 0 Å². The van der Waals surface area contributed by atoms with Crippen molar-refractivity contribution in [2.45, 2.75) is 6.54 Å². The third kappa shape index (κ3) is 1.97. The zero-order valence-corrected chi connectivity index (χ0v) is 9.17. The van der Waals surface area contributed by atoms with Gasteiger partial charge >= 0.3 is 0 Å². The Hall–Kier alpha value is -1.25. The molecule has 0 fully saturated rings. The highest BCUT2D eigenvalue weighted by molar-refractivity contribution is 14.1. The standard InChI is InChI=1S/C7H6IN5O/c8-5-1-10-6(12-7(5)14)2-13-4-9-3-11-13/h1,3-4H,2H2,(H,10,12,14). The molecule has 0 aliphatic rings. The zero-order chi connectivity index (χ0) is 9.97. The average molecular weight is 303 g/mol. The summed E-state index contributed by atoms with van der Waals surface area (Å²) in [5.41, 5.74) is -0.129. The predicted molar refractivity (Wildman–Crippen MR) is 56.7 cm³/mol. The van der Waals surface area contributed by atoms with E-state index >= 15 is 0 Å². The lowest BCUT2D eigenvalue weighted by Gasteiger charge is -1.99. The molecule has 7 heteroatoms. The van der Waals surface area contributed by atoms with Crippen molar-refractivity contribution >= 4 is 22.6 Å². The molecule has 2 aromatic heterocycles. The fourth-order valence-electron chi connectivity index (χ4n) is 0.964. The molecular weight excluding hydrogens is 297 g/mol. The number of nitrogens with one attached hydrogen (secondary N) is 1. The molecular formula is C7H6IN5O. The number of rotatable bonds is 2. The summed E-state index contributed by atoms with van der Waals surface area (Å²) in [6.45, 7) is 0.423. The van der Waals surface area contributed by atoms with Gasteiger partial charge in [-0.05, 0) is 22.6 Å². The Labute approximate surface area is 92.5 Å². The molecule has 0 amide bonds. The highest BCUT2D eigenvalue weighted by Gasteiger charge is 2.00. The van der Waals surface area contributed by atoms with Gasteiger partial charge in [-0.3, -0.25) is 4.79 Å². The molecule has 0 radical (unpaired) electrons. The minimum atomic E-state index is -0.129. The fraction of sp³-hybridized carbons (Fsp3) is 0.143. The van der Waals surface area contributed by atoms with Crippen molar-refractivity contribution in [2.24, 2.45) is 0 Å². The van der Waals surface area contributed by atoms with E-state index in [4.69, 9.17) is 0 Å². The van der Waals surface area contributed by atoms with Gasteiger partial charge in [0, 0.05) is 6.20 Å². The number of nitrogens with zero attached hydrogens (tertiary/aromatic N) is 4. The van der Waals surface area contributed by atoms with E-state index < -0.39 is 0 Å². The molecule has 0 bridgehead atoms. The molecule has 1 N–H and O–H groups in total. The summed E-state index contributed by atoms with van der Waals surface area (Å²) in [6, 6.07) is 0. The topological polar surface area (TPSA) is 76.5 Å². The van der Waals surface area contributed by atoms with Crippen molar-refractivity contribution < 1.29 is 0 Å². The van der Waals surface area contributed by atoms with Gasteiger partial charge in [-0.2, -0.15) is 5.10 Å². The van der Waals surface area contributed by atoms with Crippen LogP contribution in [-0.4, -0.2) is 24.7 Å². The third-order valence-electron chi connectivity index (χ3n) is 1.59. The van der Waals surface area contributed by atoms with Crippen LogP contribution in [-0.2, 0) is 6.54 Å². The Morgan fingerprint density at radius 3 is 3.07 bits per heavy atom. The molecule has 0 atom stereocenters. The molecule has 0 aromatic carbocycles. The van der Waals surface area contributed by atoms with Crippen molar-refractivity contribution in [1.29, 1.82) is 0 Å². The van der Waals surface area contributed by atoms with Crippen LogP contribution < -0.4 is 5.56 Å². The first kappa shape index (κ1) is 9.31. The second-order valence-electron chi connectivity index (χ2n) is 2.60. The maximum Gasteiger partial charge on any atom is 0.264 e. The molecule has 0 unspecified atom stereocenters. The van der Waals surface area contributed by atoms with Gasteiger partial charge in [0.05, 0.1) is 3.57 Å². The summed E-state index contributed by atoms with van der Waals surface area (Å²) in [5.74, 6) is 0.570. The second kappa shape index (κ2) is 3.86. The summed E-state index contributed by atoms with van der Waals surface area (Å²) in [7, 11) is 0. The Kier molecular flexibility index (Phi) is 2.57. The van der Waals surface area contributed by atoms with Crippen LogP contribution in [0.25, 0.3) is 0 Å². The molecule has 0 saturated heterocycles. The van der Waals surface area contributed by atoms with Crippen molar-refractivity contribution in [2.75, 3.05) is 0 Å². The Balaban J connectivity index is 2.26. The van der Waals surface area contributed by atoms with Crippen molar-refractivity contribution in [3.8, 4) is 0 Å². The molecule has 0 aliphatic heterocycles. The summed E-state index contributed by atoms with van der Waals surface area (Å²) in [4.78, 5) is 21.7. The van der Waals surface area contributed by atoms with Gasteiger partial charge in [0.15, 0.2) is 0 Å². The summed E-state index contributed by atoms with van der Waals surface area (Å²) < 4.78 is 2.16. The molecule has 0 aliphatic carbocycles. The molecule has 14 heavy (non-hydrogen) atoms. The van der Waals surface area contributed by atoms with Crippen LogP contribution in [0.1, 0.15) is 5.82 Å². The van der Waals surface area contributed by atoms with E-state index in [1.807, 2.05) is 22.6 Å². The molecule has 0 spiro atoms. The first-order valence-corrected chi connectivity index (χ1v) is 4.89. The average Bonchev–Trinajstić information content (AvgIpc) is 2.64. The highest BCUT2D eigenvalue weighted by Crippen LogP contribution is 1.95. The fourth-order valence-corrected chi connectivity index (χ4v) is 1.24. The lowest BCUT2D eigenvalue weighted by Crippen LogP contribution is -2.16. The molecule has 6 nitrogen and oxygen atoms in total. The third-order valence-corrected chi connectivity index (χ3v) is 2.36. The van der Waals surface area contributed by atoms with Gasteiger partial charge in [0.1, 0.15) is 25.0 Å². The molecule has 2 heterocycles. The molecule has 0 saturated carbocycles. The Morgan fingerprint density at radius 2 is 2.43 bits per heavy atom. The van der Waals surface area contributed by atoms with E-state index in [9.17, 15) is 4.79 Å². The number of H-pyrrole nitrogens is 1. The normalized spacial score (nSPS) is 10.4. The van der Waals surface area contributed by atoms with Crippen molar-refractivity contribution in [1.82, 2.24) is 24.7 Å². The van der Waals surface area contributed by atoms with Gasteiger partial charge in [-0.25, -0.2) is 14.6 Å². The van der Waals surface area contributed by atoms with E-state index in [1.54, 1.807) is 11.0 Å². The van der Waals surface area contributed by atoms with Crippen LogP contribution in [0.3, 0.4) is 0 Å². The van der Waals surface area contributed by atoms with E-state index in [0.29, 0.717) is 15.9 Å². The lowest BCUT2D eigenvalue weighted by molar-refractivity contribution is 0.650. The van der Waals surface area contributed by atoms with Crippen LogP contribution in [0.5, 0.6) is 0 Å². The largest absolute Gasteiger partial charge is 0.308 e. The number of hydrogen-bond acceptors (Lipinski definition) is 4. The number of aromatic amines is 1. The van der Waals surface area contributed by atoms with E-state index in [-0.39, 0.29) is 5.56 Å². The van der Waals surface area contributed by atoms with Gasteiger partial charge in [-0.1, -0.05) is 0 Å². The van der Waals surface area contributed by atoms with Gasteiger partial charge in [-0.15, -0.1) is 0 Å². The SMILES string of the molecule is O=c1[nH]c(Cn2cncn2)ncc1I. The predicted octanol–water partition coefficient (Wildman–Crippen LogP) is 0.0143. The van der Waals surface area contributed by atoms with Crippen molar-refractivity contribution in [3.63, 3.8) is 0 Å². The Morgan fingerprint density at radius 1 is 1.57 bits per heavy atom. The maximum absolute atomic E-state index is 11.2. The first-order chi connectivity index (χ1) is 6.75. The maximum atomic E-state index is 11.2. The van der Waals surface area contributed by atoms with E-state index in [0.717, 1.165) is 0 Å². The number of aromatic nitrogens is 5. The van der Waals surface area contributed by atoms with E-state index in [1.165, 1.54) is 12.5 Å².